The van der Waals surface area contributed by atoms with E-state index in [-0.39, 0.29) is 5.91 Å². The monoisotopic (exact) mass is 412 g/mol. The molecule has 1 atom stereocenters. The molecule has 0 aliphatic rings. The Bertz CT molecular complexity index is 620. The largest absolute Gasteiger partial charge is 0.480 e. The fourth-order valence-electron chi connectivity index (χ4n) is 1.64. The Morgan fingerprint density at radius 1 is 1.33 bits per heavy atom. The number of hydrogen-bond acceptors (Lipinski definition) is 3. The van der Waals surface area contributed by atoms with Crippen LogP contribution in [0.3, 0.4) is 0 Å². The molecule has 110 valence electrons. The van der Waals surface area contributed by atoms with E-state index >= 15 is 0 Å². The van der Waals surface area contributed by atoms with Gasteiger partial charge < -0.3 is 10.1 Å². The van der Waals surface area contributed by atoms with Gasteiger partial charge in [0.1, 0.15) is 5.75 Å². The molecule has 0 spiro atoms. The highest BCUT2D eigenvalue weighted by atomic mass is 79.9. The number of ether oxygens (including phenoxy) is 1. The standard InChI is InChI=1S/C15H14Br2N2O2/c1-10(21-14-6-5-11(16)8-13(14)17)15(20)19-9-12-4-2-3-7-18-12/h2-8,10H,9H2,1H3,(H,19,20)/t10-/m0/s1. The average molecular weight is 414 g/mol. The number of rotatable bonds is 5. The van der Waals surface area contributed by atoms with Gasteiger partial charge in [0.25, 0.3) is 5.91 Å². The third kappa shape index (κ3) is 4.82. The number of aromatic nitrogens is 1. The summed E-state index contributed by atoms with van der Waals surface area (Å²) < 4.78 is 7.38. The molecule has 1 aromatic heterocycles. The number of pyridine rings is 1. The minimum absolute atomic E-state index is 0.185. The van der Waals surface area contributed by atoms with Crippen molar-refractivity contribution >= 4 is 37.8 Å². The number of carbonyl (C=O) groups excluding carboxylic acids is 1. The van der Waals surface area contributed by atoms with Crippen molar-refractivity contribution in [2.24, 2.45) is 0 Å². The number of nitrogens with one attached hydrogen (secondary N) is 1. The molecule has 1 amide bonds. The van der Waals surface area contributed by atoms with Gasteiger partial charge in [-0.3, -0.25) is 9.78 Å². The van der Waals surface area contributed by atoms with Crippen molar-refractivity contribution in [3.8, 4) is 5.75 Å². The number of nitrogens with zero attached hydrogens (tertiary/aromatic N) is 1. The van der Waals surface area contributed by atoms with E-state index in [1.165, 1.54) is 0 Å². The molecule has 6 heteroatoms. The van der Waals surface area contributed by atoms with Gasteiger partial charge in [0.2, 0.25) is 0 Å². The highest BCUT2D eigenvalue weighted by Crippen LogP contribution is 2.28. The number of hydrogen-bond donors (Lipinski definition) is 1. The van der Waals surface area contributed by atoms with Crippen LogP contribution < -0.4 is 10.1 Å². The fourth-order valence-corrected chi connectivity index (χ4v) is 2.78. The number of amides is 1. The van der Waals surface area contributed by atoms with Crippen molar-refractivity contribution in [1.29, 1.82) is 0 Å². The van der Waals surface area contributed by atoms with E-state index in [9.17, 15) is 4.79 Å². The van der Waals surface area contributed by atoms with E-state index in [1.807, 2.05) is 30.3 Å². The lowest BCUT2D eigenvalue weighted by atomic mass is 10.3. The highest BCUT2D eigenvalue weighted by Gasteiger charge is 2.15. The molecule has 21 heavy (non-hydrogen) atoms. The summed E-state index contributed by atoms with van der Waals surface area (Å²) in [5.74, 6) is 0.439. The van der Waals surface area contributed by atoms with E-state index in [0.29, 0.717) is 12.3 Å². The van der Waals surface area contributed by atoms with E-state index in [1.54, 1.807) is 19.2 Å². The zero-order chi connectivity index (χ0) is 15.2. The molecular weight excluding hydrogens is 400 g/mol. The molecule has 0 unspecified atom stereocenters. The van der Waals surface area contributed by atoms with Gasteiger partial charge >= 0.3 is 0 Å². The molecule has 4 nitrogen and oxygen atoms in total. The Hall–Kier alpha value is -1.40. The van der Waals surface area contributed by atoms with Gasteiger partial charge in [-0.05, 0) is 53.2 Å². The van der Waals surface area contributed by atoms with Crippen molar-refractivity contribution in [3.05, 3.63) is 57.2 Å². The first-order valence-electron chi connectivity index (χ1n) is 6.35. The summed E-state index contributed by atoms with van der Waals surface area (Å²) >= 11 is 6.77. The molecule has 0 saturated heterocycles. The van der Waals surface area contributed by atoms with Crippen molar-refractivity contribution in [3.63, 3.8) is 0 Å². The van der Waals surface area contributed by atoms with Gasteiger partial charge in [-0.25, -0.2) is 0 Å². The third-order valence-electron chi connectivity index (χ3n) is 2.74. The quantitative estimate of drug-likeness (QED) is 0.813. The van der Waals surface area contributed by atoms with Gasteiger partial charge in [0.15, 0.2) is 6.10 Å². The van der Waals surface area contributed by atoms with Crippen LogP contribution in [-0.2, 0) is 11.3 Å². The minimum Gasteiger partial charge on any atom is -0.480 e. The number of benzene rings is 1. The summed E-state index contributed by atoms with van der Waals surface area (Å²) in [6.07, 6.45) is 1.10. The van der Waals surface area contributed by atoms with Crippen molar-refractivity contribution in [2.45, 2.75) is 19.6 Å². The molecular formula is C15H14Br2N2O2. The molecule has 2 aromatic rings. The first-order chi connectivity index (χ1) is 10.1. The summed E-state index contributed by atoms with van der Waals surface area (Å²) in [5.41, 5.74) is 0.808. The molecule has 2 rings (SSSR count). The summed E-state index contributed by atoms with van der Waals surface area (Å²) in [5, 5.41) is 2.80. The smallest absolute Gasteiger partial charge is 0.261 e. The minimum atomic E-state index is -0.591. The van der Waals surface area contributed by atoms with Crippen LogP contribution in [0.1, 0.15) is 12.6 Å². The van der Waals surface area contributed by atoms with Crippen LogP contribution in [-0.4, -0.2) is 17.0 Å². The zero-order valence-electron chi connectivity index (χ0n) is 11.3. The molecule has 0 aliphatic heterocycles. The summed E-state index contributed by atoms with van der Waals surface area (Å²) in [6.45, 7) is 2.09. The molecule has 0 fully saturated rings. The van der Waals surface area contributed by atoms with Crippen LogP contribution >= 0.6 is 31.9 Å². The lowest BCUT2D eigenvalue weighted by Crippen LogP contribution is -2.36. The van der Waals surface area contributed by atoms with E-state index in [4.69, 9.17) is 4.74 Å². The van der Waals surface area contributed by atoms with Gasteiger partial charge in [0.05, 0.1) is 16.7 Å². The van der Waals surface area contributed by atoms with Gasteiger partial charge in [-0.1, -0.05) is 22.0 Å². The first kappa shape index (κ1) is 16.0. The van der Waals surface area contributed by atoms with Crippen LogP contribution in [0.15, 0.2) is 51.5 Å². The fraction of sp³-hybridized carbons (Fsp3) is 0.200. The summed E-state index contributed by atoms with van der Waals surface area (Å²) in [7, 11) is 0. The van der Waals surface area contributed by atoms with Gasteiger partial charge in [0, 0.05) is 10.7 Å². The Balaban J connectivity index is 1.90. The van der Waals surface area contributed by atoms with E-state index in [0.717, 1.165) is 14.6 Å². The predicted molar refractivity (Wildman–Crippen MR) is 88.0 cm³/mol. The van der Waals surface area contributed by atoms with Crippen LogP contribution in [0.25, 0.3) is 0 Å². The predicted octanol–water partition coefficient (Wildman–Crippen LogP) is 3.69. The Morgan fingerprint density at radius 3 is 2.81 bits per heavy atom. The molecule has 1 aromatic carbocycles. The maximum absolute atomic E-state index is 12.0. The lowest BCUT2D eigenvalue weighted by Gasteiger charge is -2.15. The lowest BCUT2D eigenvalue weighted by molar-refractivity contribution is -0.127. The van der Waals surface area contributed by atoms with Crippen LogP contribution in [0.4, 0.5) is 0 Å². The zero-order valence-corrected chi connectivity index (χ0v) is 14.5. The Kier molecular flexibility index (Phi) is 5.76. The second-order valence-electron chi connectivity index (χ2n) is 4.37. The first-order valence-corrected chi connectivity index (χ1v) is 7.94. The van der Waals surface area contributed by atoms with Crippen LogP contribution in [0.2, 0.25) is 0 Å². The highest BCUT2D eigenvalue weighted by molar-refractivity contribution is 9.11. The SMILES string of the molecule is C[C@H](Oc1ccc(Br)cc1Br)C(=O)NCc1ccccn1. The van der Waals surface area contributed by atoms with Gasteiger partial charge in [-0.15, -0.1) is 0 Å². The van der Waals surface area contributed by atoms with Crippen molar-refractivity contribution in [1.82, 2.24) is 10.3 Å². The number of carbonyl (C=O) groups is 1. The van der Waals surface area contributed by atoms with Gasteiger partial charge in [-0.2, -0.15) is 0 Å². The molecule has 1 N–H and O–H groups in total. The summed E-state index contributed by atoms with van der Waals surface area (Å²) in [4.78, 5) is 16.2. The topological polar surface area (TPSA) is 51.2 Å². The average Bonchev–Trinajstić information content (AvgIpc) is 2.48. The van der Waals surface area contributed by atoms with Crippen molar-refractivity contribution < 1.29 is 9.53 Å². The number of halogens is 2. The Labute approximate surface area is 140 Å². The molecule has 0 bridgehead atoms. The van der Waals surface area contributed by atoms with E-state index in [2.05, 4.69) is 42.2 Å². The molecule has 0 radical (unpaired) electrons. The molecule has 1 heterocycles. The third-order valence-corrected chi connectivity index (χ3v) is 3.85. The van der Waals surface area contributed by atoms with Crippen LogP contribution in [0, 0.1) is 0 Å². The van der Waals surface area contributed by atoms with E-state index < -0.39 is 6.10 Å². The molecule has 0 saturated carbocycles. The second kappa shape index (κ2) is 7.56. The Morgan fingerprint density at radius 2 is 2.14 bits per heavy atom. The van der Waals surface area contributed by atoms with Crippen molar-refractivity contribution in [2.75, 3.05) is 0 Å². The van der Waals surface area contributed by atoms with Crippen LogP contribution in [0.5, 0.6) is 5.75 Å². The summed E-state index contributed by atoms with van der Waals surface area (Å²) in [6, 6.07) is 11.1. The maximum Gasteiger partial charge on any atom is 0.261 e. The second-order valence-corrected chi connectivity index (χ2v) is 6.14. The molecule has 0 aliphatic carbocycles. The normalized spacial score (nSPS) is 11.8. The maximum atomic E-state index is 12.0.